The van der Waals surface area contributed by atoms with Gasteiger partial charge in [0.05, 0.1) is 24.9 Å². The Kier molecular flexibility index (Phi) is 6.97. The summed E-state index contributed by atoms with van der Waals surface area (Å²) in [5, 5.41) is 0. The molecule has 0 spiro atoms. The van der Waals surface area contributed by atoms with Gasteiger partial charge < -0.3 is 14.2 Å². The largest absolute Gasteiger partial charge is 0.493 e. The summed E-state index contributed by atoms with van der Waals surface area (Å²) < 4.78 is 16.5. The first kappa shape index (κ1) is 15.5. The van der Waals surface area contributed by atoms with Crippen LogP contribution in [-0.4, -0.2) is 32.2 Å². The van der Waals surface area contributed by atoms with E-state index in [-0.39, 0.29) is 6.10 Å². The molecule has 19 heavy (non-hydrogen) atoms. The maximum atomic E-state index is 10.9. The molecule has 0 bridgehead atoms. The van der Waals surface area contributed by atoms with Crippen LogP contribution in [0.25, 0.3) is 0 Å². The SMILES string of the molecule is CCCOc1ccc(C=O)c(OCCOC(C)C)c1. The summed E-state index contributed by atoms with van der Waals surface area (Å²) in [6, 6.07) is 5.22. The van der Waals surface area contributed by atoms with Crippen molar-refractivity contribution in [2.75, 3.05) is 19.8 Å². The van der Waals surface area contributed by atoms with Crippen molar-refractivity contribution in [2.45, 2.75) is 33.3 Å². The monoisotopic (exact) mass is 266 g/mol. The van der Waals surface area contributed by atoms with Crippen molar-refractivity contribution in [1.82, 2.24) is 0 Å². The molecule has 0 atom stereocenters. The van der Waals surface area contributed by atoms with Crippen LogP contribution in [-0.2, 0) is 4.74 Å². The number of carbonyl (C=O) groups is 1. The van der Waals surface area contributed by atoms with Gasteiger partial charge in [0.15, 0.2) is 6.29 Å². The highest BCUT2D eigenvalue weighted by atomic mass is 16.5. The molecule has 0 aliphatic carbocycles. The zero-order chi connectivity index (χ0) is 14.1. The first-order valence-electron chi connectivity index (χ1n) is 6.63. The standard InChI is InChI=1S/C15H22O4/c1-4-7-18-14-6-5-13(11-16)15(10-14)19-9-8-17-12(2)3/h5-6,10-12H,4,7-9H2,1-3H3. The molecular formula is C15H22O4. The fourth-order valence-electron chi connectivity index (χ4n) is 1.48. The Labute approximate surface area is 114 Å². The first-order valence-corrected chi connectivity index (χ1v) is 6.63. The fourth-order valence-corrected chi connectivity index (χ4v) is 1.48. The highest BCUT2D eigenvalue weighted by Gasteiger charge is 2.06. The lowest BCUT2D eigenvalue weighted by atomic mass is 10.2. The number of hydrogen-bond donors (Lipinski definition) is 0. The van der Waals surface area contributed by atoms with E-state index < -0.39 is 0 Å². The van der Waals surface area contributed by atoms with Gasteiger partial charge in [-0.05, 0) is 32.4 Å². The summed E-state index contributed by atoms with van der Waals surface area (Å²) in [5.41, 5.74) is 0.522. The normalized spacial score (nSPS) is 10.5. The van der Waals surface area contributed by atoms with Gasteiger partial charge in [0.1, 0.15) is 18.1 Å². The van der Waals surface area contributed by atoms with Crippen LogP contribution in [0.2, 0.25) is 0 Å². The van der Waals surface area contributed by atoms with Gasteiger partial charge in [0, 0.05) is 6.07 Å². The van der Waals surface area contributed by atoms with Gasteiger partial charge in [-0.3, -0.25) is 4.79 Å². The van der Waals surface area contributed by atoms with Gasteiger partial charge in [-0.2, -0.15) is 0 Å². The minimum atomic E-state index is 0.174. The first-order chi connectivity index (χ1) is 9.17. The van der Waals surface area contributed by atoms with Crippen LogP contribution in [0.4, 0.5) is 0 Å². The average Bonchev–Trinajstić information content (AvgIpc) is 2.41. The molecule has 0 heterocycles. The van der Waals surface area contributed by atoms with Gasteiger partial charge >= 0.3 is 0 Å². The van der Waals surface area contributed by atoms with Crippen molar-refractivity contribution in [3.63, 3.8) is 0 Å². The predicted molar refractivity (Wildman–Crippen MR) is 74.2 cm³/mol. The molecule has 0 saturated heterocycles. The van der Waals surface area contributed by atoms with Gasteiger partial charge in [0.2, 0.25) is 0 Å². The Morgan fingerprint density at radius 2 is 1.95 bits per heavy atom. The second-order valence-electron chi connectivity index (χ2n) is 4.43. The van der Waals surface area contributed by atoms with Crippen LogP contribution in [0.5, 0.6) is 11.5 Å². The van der Waals surface area contributed by atoms with Gasteiger partial charge in [-0.25, -0.2) is 0 Å². The maximum Gasteiger partial charge on any atom is 0.153 e. The van der Waals surface area contributed by atoms with E-state index in [0.29, 0.717) is 36.9 Å². The molecule has 0 radical (unpaired) electrons. The van der Waals surface area contributed by atoms with E-state index in [1.165, 1.54) is 0 Å². The molecule has 0 fully saturated rings. The number of rotatable bonds is 9. The quantitative estimate of drug-likeness (QED) is 0.509. The summed E-state index contributed by atoms with van der Waals surface area (Å²) in [6.07, 6.45) is 1.89. The van der Waals surface area contributed by atoms with E-state index in [1.807, 2.05) is 20.8 Å². The smallest absolute Gasteiger partial charge is 0.153 e. The lowest BCUT2D eigenvalue weighted by Gasteiger charge is -2.12. The van der Waals surface area contributed by atoms with E-state index in [1.54, 1.807) is 18.2 Å². The van der Waals surface area contributed by atoms with Crippen molar-refractivity contribution in [3.05, 3.63) is 23.8 Å². The van der Waals surface area contributed by atoms with Crippen molar-refractivity contribution in [2.24, 2.45) is 0 Å². The highest BCUT2D eigenvalue weighted by molar-refractivity contribution is 5.79. The molecule has 106 valence electrons. The van der Waals surface area contributed by atoms with Crippen LogP contribution < -0.4 is 9.47 Å². The summed E-state index contributed by atoms with van der Waals surface area (Å²) in [7, 11) is 0. The Balaban J connectivity index is 2.59. The van der Waals surface area contributed by atoms with E-state index in [2.05, 4.69) is 0 Å². The van der Waals surface area contributed by atoms with Crippen molar-refractivity contribution in [3.8, 4) is 11.5 Å². The third-order valence-electron chi connectivity index (χ3n) is 2.38. The fraction of sp³-hybridized carbons (Fsp3) is 0.533. The molecule has 1 rings (SSSR count). The molecule has 4 heteroatoms. The number of benzene rings is 1. The third-order valence-corrected chi connectivity index (χ3v) is 2.38. The predicted octanol–water partition coefficient (Wildman–Crippen LogP) is 3.09. The second-order valence-corrected chi connectivity index (χ2v) is 4.43. The Morgan fingerprint density at radius 3 is 2.58 bits per heavy atom. The number of carbonyl (C=O) groups excluding carboxylic acids is 1. The zero-order valence-electron chi connectivity index (χ0n) is 11.8. The van der Waals surface area contributed by atoms with E-state index >= 15 is 0 Å². The Morgan fingerprint density at radius 1 is 1.16 bits per heavy atom. The Bertz CT molecular complexity index is 388. The molecular weight excluding hydrogens is 244 g/mol. The molecule has 0 unspecified atom stereocenters. The molecule has 0 aliphatic heterocycles. The Hall–Kier alpha value is -1.55. The minimum Gasteiger partial charge on any atom is -0.493 e. The summed E-state index contributed by atoms with van der Waals surface area (Å²) >= 11 is 0. The molecule has 4 nitrogen and oxygen atoms in total. The lowest BCUT2D eigenvalue weighted by Crippen LogP contribution is -2.12. The highest BCUT2D eigenvalue weighted by Crippen LogP contribution is 2.24. The third kappa shape index (κ3) is 5.75. The topological polar surface area (TPSA) is 44.8 Å². The molecule has 0 aromatic heterocycles. The van der Waals surface area contributed by atoms with Crippen molar-refractivity contribution in [1.29, 1.82) is 0 Å². The van der Waals surface area contributed by atoms with Crippen LogP contribution in [0.15, 0.2) is 18.2 Å². The number of aldehydes is 1. The van der Waals surface area contributed by atoms with Crippen LogP contribution in [0, 0.1) is 0 Å². The average molecular weight is 266 g/mol. The summed E-state index contributed by atoms with van der Waals surface area (Å²) in [5.74, 6) is 1.25. The molecule has 1 aromatic rings. The van der Waals surface area contributed by atoms with Crippen molar-refractivity contribution < 1.29 is 19.0 Å². The van der Waals surface area contributed by atoms with E-state index in [0.717, 1.165) is 12.7 Å². The van der Waals surface area contributed by atoms with Gasteiger partial charge in [-0.1, -0.05) is 6.92 Å². The molecule has 0 N–H and O–H groups in total. The van der Waals surface area contributed by atoms with Gasteiger partial charge in [-0.15, -0.1) is 0 Å². The molecule has 0 amide bonds. The summed E-state index contributed by atoms with van der Waals surface area (Å²) in [6.45, 7) is 7.54. The lowest BCUT2D eigenvalue weighted by molar-refractivity contribution is 0.0549. The maximum absolute atomic E-state index is 10.9. The summed E-state index contributed by atoms with van der Waals surface area (Å²) in [4.78, 5) is 10.9. The number of hydrogen-bond acceptors (Lipinski definition) is 4. The van der Waals surface area contributed by atoms with E-state index in [4.69, 9.17) is 14.2 Å². The molecule has 0 saturated carbocycles. The van der Waals surface area contributed by atoms with Crippen LogP contribution in [0.1, 0.15) is 37.6 Å². The number of ether oxygens (including phenoxy) is 3. The van der Waals surface area contributed by atoms with Gasteiger partial charge in [0.25, 0.3) is 0 Å². The molecule has 1 aromatic carbocycles. The van der Waals surface area contributed by atoms with Crippen LogP contribution in [0.3, 0.4) is 0 Å². The molecule has 0 aliphatic rings. The van der Waals surface area contributed by atoms with E-state index in [9.17, 15) is 4.79 Å². The second kappa shape index (κ2) is 8.53. The zero-order valence-corrected chi connectivity index (χ0v) is 11.8. The minimum absolute atomic E-state index is 0.174. The van der Waals surface area contributed by atoms with Crippen molar-refractivity contribution >= 4 is 6.29 Å². The van der Waals surface area contributed by atoms with Crippen LogP contribution >= 0.6 is 0 Å².